The van der Waals surface area contributed by atoms with E-state index < -0.39 is 36.2 Å². The lowest BCUT2D eigenvalue weighted by Gasteiger charge is -2.13. The minimum absolute atomic E-state index is 0.00267. The van der Waals surface area contributed by atoms with Crippen LogP contribution in [0.15, 0.2) is 140 Å². The number of hydrazone groups is 2. The molecule has 1 aliphatic carbocycles. The van der Waals surface area contributed by atoms with Gasteiger partial charge in [0.05, 0.1) is 21.1 Å². The summed E-state index contributed by atoms with van der Waals surface area (Å²) in [6, 6.07) is 23.4. The van der Waals surface area contributed by atoms with Crippen LogP contribution < -0.4 is 14.6 Å². The molecule has 2 aliphatic rings. The summed E-state index contributed by atoms with van der Waals surface area (Å²) < 4.78 is 94.9. The number of anilines is 2. The molecule has 6 rings (SSSR count). The Morgan fingerprint density at radius 3 is 2.02 bits per heavy atom. The zero-order chi connectivity index (χ0) is 38.8. The van der Waals surface area contributed by atoms with Crippen LogP contribution in [0.3, 0.4) is 0 Å². The highest BCUT2D eigenvalue weighted by molar-refractivity contribution is 7.93. The molecular weight excluding hydrogens is 761 g/mol. The maximum atomic E-state index is 13.0. The second kappa shape index (κ2) is 14.8. The lowest BCUT2D eigenvalue weighted by molar-refractivity contribution is -0.120. The van der Waals surface area contributed by atoms with Gasteiger partial charge in [-0.1, -0.05) is 35.9 Å². The van der Waals surface area contributed by atoms with E-state index in [0.717, 1.165) is 22.7 Å². The number of hydrogen-bond donors (Lipinski definition) is 4. The van der Waals surface area contributed by atoms with E-state index in [2.05, 4.69) is 25.5 Å². The third kappa shape index (κ3) is 8.59. The lowest BCUT2D eigenvalue weighted by Crippen LogP contribution is -2.27. The van der Waals surface area contributed by atoms with E-state index >= 15 is 0 Å². The fraction of sp³-hybridized carbons (Fsp3) is 0.0571. The van der Waals surface area contributed by atoms with Crippen LogP contribution in [0.1, 0.15) is 18.1 Å². The summed E-state index contributed by atoms with van der Waals surface area (Å²) in [5.74, 6) is -0.551. The Hall–Kier alpha value is -6.05. The van der Waals surface area contributed by atoms with Crippen molar-refractivity contribution in [2.75, 3.05) is 10.4 Å². The third-order valence-electron chi connectivity index (χ3n) is 7.75. The van der Waals surface area contributed by atoms with E-state index in [0.29, 0.717) is 22.5 Å². The van der Waals surface area contributed by atoms with Crippen molar-refractivity contribution in [1.82, 2.24) is 0 Å². The minimum atomic E-state index is -4.49. The van der Waals surface area contributed by atoms with Gasteiger partial charge in [0.2, 0.25) is 10.1 Å². The van der Waals surface area contributed by atoms with E-state index in [1.807, 2.05) is 6.92 Å². The number of amides is 1. The fourth-order valence-electron chi connectivity index (χ4n) is 4.96. The minimum Gasteiger partial charge on any atom is -0.379 e. The number of allylic oxidation sites excluding steroid dienone is 4. The van der Waals surface area contributed by atoms with Gasteiger partial charge < -0.3 is 4.18 Å². The Kier molecular flexibility index (Phi) is 10.3. The summed E-state index contributed by atoms with van der Waals surface area (Å²) >= 11 is 0. The molecule has 0 unspecified atom stereocenters. The Morgan fingerprint density at radius 1 is 0.778 bits per heavy atom. The van der Waals surface area contributed by atoms with Gasteiger partial charge in [-0.2, -0.15) is 32.0 Å². The first-order valence-electron chi connectivity index (χ1n) is 15.6. The molecule has 16 nitrogen and oxygen atoms in total. The first-order chi connectivity index (χ1) is 25.5. The molecule has 276 valence electrons. The van der Waals surface area contributed by atoms with Crippen molar-refractivity contribution in [3.8, 4) is 5.75 Å². The van der Waals surface area contributed by atoms with Crippen LogP contribution in [0.25, 0.3) is 5.57 Å². The molecule has 4 N–H and O–H groups in total. The van der Waals surface area contributed by atoms with Crippen LogP contribution in [-0.2, 0) is 35.1 Å². The number of nitrogens with one attached hydrogen (secondary N) is 1. The summed E-state index contributed by atoms with van der Waals surface area (Å²) in [5, 5.41) is 13.5. The molecule has 0 fully saturated rings. The molecule has 4 aromatic rings. The molecule has 0 spiro atoms. The summed E-state index contributed by atoms with van der Waals surface area (Å²) in [5.41, 5.74) is 5.81. The molecule has 54 heavy (non-hydrogen) atoms. The molecule has 0 bridgehead atoms. The van der Waals surface area contributed by atoms with Crippen molar-refractivity contribution >= 4 is 80.9 Å². The molecular formula is C35H29N6O10S3+. The average Bonchev–Trinajstić information content (AvgIpc) is 3.42. The monoisotopic (exact) mass is 789 g/mol. The fourth-order valence-corrected chi connectivity index (χ4v) is 7.04. The zero-order valence-electron chi connectivity index (χ0n) is 28.1. The third-order valence-corrected chi connectivity index (χ3v) is 10.8. The van der Waals surface area contributed by atoms with Crippen LogP contribution >= 0.6 is 0 Å². The Balaban J connectivity index is 1.14. The van der Waals surface area contributed by atoms with Gasteiger partial charge in [-0.05, 0) is 110 Å². The smallest absolute Gasteiger partial charge is 0.379 e. The lowest BCUT2D eigenvalue weighted by atomic mass is 9.98. The first-order valence-corrected chi connectivity index (χ1v) is 19.9. The van der Waals surface area contributed by atoms with Gasteiger partial charge in [0.1, 0.15) is 32.0 Å². The molecule has 0 saturated carbocycles. The second-order valence-electron chi connectivity index (χ2n) is 11.6. The number of rotatable bonds is 9. The van der Waals surface area contributed by atoms with Crippen LogP contribution in [0.2, 0.25) is 0 Å². The number of benzene rings is 4. The van der Waals surface area contributed by atoms with E-state index in [1.165, 1.54) is 60.7 Å². The summed E-state index contributed by atoms with van der Waals surface area (Å²) in [4.78, 5) is 16.3. The van der Waals surface area contributed by atoms with E-state index in [-0.39, 0.29) is 43.2 Å². The highest BCUT2D eigenvalue weighted by Crippen LogP contribution is 2.25. The SMILES string of the molecule is CC1=NN(c2ccc(S(=O)(=O)O)cc2)C(=O)C1=[N+]=Nc1ccc(C2=CC(=S(=O)(O)O)C(=NNc3ccc(OS(=O)(=O)c4ccc(C)cc4)cc3)C=C2)cc1. The van der Waals surface area contributed by atoms with Crippen molar-refractivity contribution in [2.24, 2.45) is 15.3 Å². The van der Waals surface area contributed by atoms with E-state index in [1.54, 1.807) is 49.4 Å². The molecule has 1 heterocycles. The highest BCUT2D eigenvalue weighted by atomic mass is 32.2. The standard InChI is InChI=1S/C35H28N6O10S3/c1-22-3-16-31(17-4-22)54(49,50)51-29-14-10-27(11-15-29)36-38-32-20-7-25(21-33(32)53(46,47)48)24-5-8-26(9-6-24)37-39-34-23(2)40-41(35(34)42)28-12-18-30(19-13-28)52(43,44)45/h3-21H,1-2H3,(H3,36,37,40,42,43,44,45,46,47,48)/p+1. The summed E-state index contributed by atoms with van der Waals surface area (Å²) in [6.45, 7) is 3.39. The van der Waals surface area contributed by atoms with Gasteiger partial charge in [0.25, 0.3) is 10.1 Å². The van der Waals surface area contributed by atoms with Crippen LogP contribution in [0, 0.1) is 6.92 Å². The predicted molar refractivity (Wildman–Crippen MR) is 203 cm³/mol. The van der Waals surface area contributed by atoms with Crippen molar-refractivity contribution in [3.05, 3.63) is 126 Å². The van der Waals surface area contributed by atoms with Crippen LogP contribution in [0.4, 0.5) is 17.1 Å². The second-order valence-corrected chi connectivity index (χ2v) is 16.0. The number of nitrogens with zero attached hydrogens (tertiary/aromatic N) is 5. The maximum absolute atomic E-state index is 13.0. The molecule has 4 aromatic carbocycles. The van der Waals surface area contributed by atoms with Crippen molar-refractivity contribution in [1.29, 1.82) is 0 Å². The van der Waals surface area contributed by atoms with Gasteiger partial charge in [-0.25, -0.2) is 4.21 Å². The Labute approximate surface area is 309 Å². The van der Waals surface area contributed by atoms with Gasteiger partial charge in [-0.15, -0.1) is 0 Å². The average molecular weight is 790 g/mol. The molecule has 0 radical (unpaired) electrons. The normalized spacial score (nSPS) is 15.5. The number of aryl methyl sites for hydroxylation is 1. The van der Waals surface area contributed by atoms with Crippen molar-refractivity contribution in [3.63, 3.8) is 0 Å². The van der Waals surface area contributed by atoms with Gasteiger partial charge in [-0.3, -0.25) is 23.9 Å². The van der Waals surface area contributed by atoms with Crippen molar-refractivity contribution in [2.45, 2.75) is 23.6 Å². The molecule has 19 heteroatoms. The maximum Gasteiger partial charge on any atom is 0.454 e. The molecule has 0 atom stereocenters. The largest absolute Gasteiger partial charge is 0.454 e. The topological polar surface area (TPSA) is 239 Å². The number of carbonyl (C=O) groups excluding carboxylic acids is 1. The summed E-state index contributed by atoms with van der Waals surface area (Å²) in [6.07, 6.45) is 4.34. The van der Waals surface area contributed by atoms with E-state index in [4.69, 9.17) is 4.18 Å². The number of carbonyl (C=O) groups is 1. The zero-order valence-corrected chi connectivity index (χ0v) is 30.6. The molecule has 0 aromatic heterocycles. The Bertz CT molecular complexity index is 2700. The molecule has 0 saturated heterocycles. The quantitative estimate of drug-likeness (QED) is 0.0440. The predicted octanol–water partition coefficient (Wildman–Crippen LogP) is 4.99. The van der Waals surface area contributed by atoms with Gasteiger partial charge >= 0.3 is 21.7 Å². The van der Waals surface area contributed by atoms with Crippen LogP contribution in [0.5, 0.6) is 5.75 Å². The number of hydrogen-bond acceptors (Lipinski definition) is 11. The first kappa shape index (κ1) is 37.7. The van der Waals surface area contributed by atoms with E-state index in [9.17, 15) is 39.5 Å². The summed E-state index contributed by atoms with van der Waals surface area (Å²) in [7, 11) is -13.0. The van der Waals surface area contributed by atoms with Crippen LogP contribution in [-0.4, -0.2) is 67.4 Å². The molecule has 1 amide bonds. The highest BCUT2D eigenvalue weighted by Gasteiger charge is 2.40. The van der Waals surface area contributed by atoms with Gasteiger partial charge in [0.15, 0.2) is 5.71 Å². The Morgan fingerprint density at radius 2 is 1.41 bits per heavy atom. The van der Waals surface area contributed by atoms with Gasteiger partial charge in [0, 0.05) is 0 Å². The van der Waals surface area contributed by atoms with Crippen molar-refractivity contribution < 1.29 is 48.5 Å². The molecule has 1 aliphatic heterocycles.